The molecule has 15 heavy (non-hydrogen) atoms. The van der Waals surface area contributed by atoms with E-state index in [1.54, 1.807) is 0 Å². The Kier molecular flexibility index (Phi) is 6.87. The van der Waals surface area contributed by atoms with E-state index in [4.69, 9.17) is 5.73 Å². The van der Waals surface area contributed by atoms with Gasteiger partial charge in [0.1, 0.15) is 0 Å². The fourth-order valence-electron chi connectivity index (χ4n) is 0.939. The minimum absolute atomic E-state index is 0. The number of benzene rings is 1. The lowest BCUT2D eigenvalue weighted by atomic mass is 10.1. The van der Waals surface area contributed by atoms with Gasteiger partial charge in [-0.25, -0.2) is 0 Å². The predicted molar refractivity (Wildman–Crippen MR) is 73.3 cm³/mol. The highest BCUT2D eigenvalue weighted by atomic mass is 127. The van der Waals surface area contributed by atoms with Crippen molar-refractivity contribution in [2.75, 3.05) is 11.9 Å². The lowest BCUT2D eigenvalue weighted by Crippen LogP contribution is -2.26. The van der Waals surface area contributed by atoms with Gasteiger partial charge >= 0.3 is 0 Å². The van der Waals surface area contributed by atoms with Crippen LogP contribution in [0.1, 0.15) is 6.92 Å². The van der Waals surface area contributed by atoms with E-state index in [1.807, 2.05) is 31.2 Å². The van der Waals surface area contributed by atoms with Crippen molar-refractivity contribution in [1.82, 2.24) is 0 Å². The van der Waals surface area contributed by atoms with Gasteiger partial charge in [-0.1, -0.05) is 13.0 Å². The Bertz CT molecular complexity index is 333. The number of hydrogen-bond acceptors (Lipinski definition) is 2. The summed E-state index contributed by atoms with van der Waals surface area (Å²) in [5.74, 6) is -0.178. The van der Waals surface area contributed by atoms with Crippen LogP contribution < -0.4 is 11.1 Å². The average molecular weight is 341 g/mol. The molecule has 0 aromatic heterocycles. The van der Waals surface area contributed by atoms with Gasteiger partial charge in [-0.05, 0) is 40.8 Å². The topological polar surface area (TPSA) is 55.1 Å². The maximum Gasteiger partial charge on any atom is 0.228 e. The summed E-state index contributed by atoms with van der Waals surface area (Å²) in [5, 5.41) is 2.81. The molecule has 1 rings (SSSR count). The molecule has 84 valence electrons. The number of halogens is 2. The maximum atomic E-state index is 11.5. The third-order valence-corrected chi connectivity index (χ3v) is 2.56. The zero-order chi connectivity index (χ0) is 10.6. The first-order valence-corrected chi connectivity index (χ1v) is 5.48. The maximum absolute atomic E-state index is 11.5. The molecule has 1 unspecified atom stereocenters. The number of nitrogens with two attached hydrogens (primary N) is 1. The van der Waals surface area contributed by atoms with E-state index in [0.29, 0.717) is 6.54 Å². The van der Waals surface area contributed by atoms with Gasteiger partial charge in [-0.15, -0.1) is 12.4 Å². The van der Waals surface area contributed by atoms with Crippen molar-refractivity contribution in [1.29, 1.82) is 0 Å². The molecule has 1 atom stereocenters. The second-order valence-corrected chi connectivity index (χ2v) is 4.38. The largest absolute Gasteiger partial charge is 0.330 e. The molecular weight excluding hydrogens is 326 g/mol. The van der Waals surface area contributed by atoms with E-state index in [2.05, 4.69) is 27.9 Å². The van der Waals surface area contributed by atoms with Crippen LogP contribution in [0.5, 0.6) is 0 Å². The Morgan fingerprint density at radius 3 is 2.80 bits per heavy atom. The first kappa shape index (κ1) is 14.7. The van der Waals surface area contributed by atoms with Gasteiger partial charge in [-0.3, -0.25) is 4.79 Å². The van der Waals surface area contributed by atoms with Crippen LogP contribution in [0.2, 0.25) is 0 Å². The van der Waals surface area contributed by atoms with Gasteiger partial charge in [0.2, 0.25) is 5.91 Å². The number of nitrogens with one attached hydrogen (secondary N) is 1. The molecule has 0 saturated heterocycles. The highest BCUT2D eigenvalue weighted by molar-refractivity contribution is 14.1. The number of anilines is 1. The summed E-state index contributed by atoms with van der Waals surface area (Å²) in [6.45, 7) is 2.18. The number of hydrogen-bond donors (Lipinski definition) is 2. The van der Waals surface area contributed by atoms with Gasteiger partial charge in [0, 0.05) is 21.7 Å². The number of amides is 1. The van der Waals surface area contributed by atoms with Crippen LogP contribution >= 0.6 is 35.0 Å². The summed E-state index contributed by atoms with van der Waals surface area (Å²) < 4.78 is 1.10. The van der Waals surface area contributed by atoms with Crippen molar-refractivity contribution >= 4 is 46.6 Å². The smallest absolute Gasteiger partial charge is 0.228 e. The summed E-state index contributed by atoms with van der Waals surface area (Å²) >= 11 is 2.20. The molecule has 0 spiro atoms. The van der Waals surface area contributed by atoms with Crippen LogP contribution in [-0.2, 0) is 4.79 Å². The molecule has 1 aromatic carbocycles. The van der Waals surface area contributed by atoms with Crippen molar-refractivity contribution in [3.8, 4) is 0 Å². The number of carbonyl (C=O) groups is 1. The Balaban J connectivity index is 0.00000196. The molecule has 5 heteroatoms. The van der Waals surface area contributed by atoms with Crippen LogP contribution in [0.4, 0.5) is 5.69 Å². The summed E-state index contributed by atoms with van der Waals surface area (Å²) in [6, 6.07) is 7.66. The molecular formula is C10H14ClIN2O. The normalized spacial score (nSPS) is 11.4. The highest BCUT2D eigenvalue weighted by Crippen LogP contribution is 2.13. The third-order valence-electron chi connectivity index (χ3n) is 1.89. The standard InChI is InChI=1S/C10H13IN2O.ClH/c1-7(6-12)10(14)13-9-4-2-3-8(11)5-9;/h2-5,7H,6,12H2,1H3,(H,13,14);1H. The van der Waals surface area contributed by atoms with E-state index in [9.17, 15) is 4.79 Å². The first-order valence-electron chi connectivity index (χ1n) is 4.40. The monoisotopic (exact) mass is 340 g/mol. The lowest BCUT2D eigenvalue weighted by molar-refractivity contribution is -0.119. The Morgan fingerprint density at radius 2 is 2.27 bits per heavy atom. The summed E-state index contributed by atoms with van der Waals surface area (Å²) in [7, 11) is 0. The van der Waals surface area contributed by atoms with Crippen molar-refractivity contribution in [3.63, 3.8) is 0 Å². The van der Waals surface area contributed by atoms with Crippen molar-refractivity contribution in [2.45, 2.75) is 6.92 Å². The van der Waals surface area contributed by atoms with Gasteiger partial charge < -0.3 is 11.1 Å². The Morgan fingerprint density at radius 1 is 1.60 bits per heavy atom. The summed E-state index contributed by atoms with van der Waals surface area (Å²) in [6.07, 6.45) is 0. The van der Waals surface area contributed by atoms with Crippen LogP contribution in [0.25, 0.3) is 0 Å². The molecule has 0 bridgehead atoms. The molecule has 0 aliphatic rings. The minimum Gasteiger partial charge on any atom is -0.330 e. The van der Waals surface area contributed by atoms with Gasteiger partial charge in [0.15, 0.2) is 0 Å². The first-order chi connectivity index (χ1) is 6.63. The van der Waals surface area contributed by atoms with Crippen LogP contribution in [0, 0.1) is 9.49 Å². The molecule has 0 saturated carbocycles. The average Bonchev–Trinajstić information content (AvgIpc) is 2.16. The molecule has 3 nitrogen and oxygen atoms in total. The zero-order valence-corrected chi connectivity index (χ0v) is 11.3. The fraction of sp³-hybridized carbons (Fsp3) is 0.300. The summed E-state index contributed by atoms with van der Waals surface area (Å²) in [5.41, 5.74) is 6.22. The second-order valence-electron chi connectivity index (χ2n) is 3.14. The molecule has 0 fully saturated rings. The van der Waals surface area contributed by atoms with E-state index in [1.165, 1.54) is 0 Å². The minimum atomic E-state index is -0.145. The molecule has 0 heterocycles. The van der Waals surface area contributed by atoms with E-state index < -0.39 is 0 Å². The van der Waals surface area contributed by atoms with Gasteiger partial charge in [0.05, 0.1) is 0 Å². The van der Waals surface area contributed by atoms with Gasteiger partial charge in [0.25, 0.3) is 0 Å². The molecule has 3 N–H and O–H groups in total. The van der Waals surface area contributed by atoms with E-state index >= 15 is 0 Å². The quantitative estimate of drug-likeness (QED) is 0.829. The van der Waals surface area contributed by atoms with Crippen molar-refractivity contribution in [2.24, 2.45) is 11.7 Å². The Labute approximate surface area is 109 Å². The zero-order valence-electron chi connectivity index (χ0n) is 8.37. The van der Waals surface area contributed by atoms with E-state index in [0.717, 1.165) is 9.26 Å². The number of rotatable bonds is 3. The fourth-order valence-corrected chi connectivity index (χ4v) is 1.48. The van der Waals surface area contributed by atoms with Gasteiger partial charge in [-0.2, -0.15) is 0 Å². The second kappa shape index (κ2) is 7.03. The van der Waals surface area contributed by atoms with Crippen LogP contribution in [-0.4, -0.2) is 12.5 Å². The number of carbonyl (C=O) groups excluding carboxylic acids is 1. The predicted octanol–water partition coefficient (Wildman–Crippen LogP) is 2.25. The van der Waals surface area contributed by atoms with Crippen LogP contribution in [0.15, 0.2) is 24.3 Å². The van der Waals surface area contributed by atoms with Crippen molar-refractivity contribution < 1.29 is 4.79 Å². The molecule has 1 aromatic rings. The lowest BCUT2D eigenvalue weighted by Gasteiger charge is -2.09. The van der Waals surface area contributed by atoms with E-state index in [-0.39, 0.29) is 24.2 Å². The Hall–Kier alpha value is -0.330. The van der Waals surface area contributed by atoms with Crippen molar-refractivity contribution in [3.05, 3.63) is 27.8 Å². The molecule has 0 aliphatic carbocycles. The third kappa shape index (κ3) is 4.81. The molecule has 0 radical (unpaired) electrons. The summed E-state index contributed by atoms with van der Waals surface area (Å²) in [4.78, 5) is 11.5. The van der Waals surface area contributed by atoms with Crippen LogP contribution in [0.3, 0.4) is 0 Å². The molecule has 0 aliphatic heterocycles. The highest BCUT2D eigenvalue weighted by Gasteiger charge is 2.10. The molecule has 1 amide bonds. The SMILES string of the molecule is CC(CN)C(=O)Nc1cccc(I)c1.Cl.